The van der Waals surface area contributed by atoms with Gasteiger partial charge in [0.05, 0.1) is 10.6 Å². The van der Waals surface area contributed by atoms with E-state index in [4.69, 9.17) is 0 Å². The predicted molar refractivity (Wildman–Crippen MR) is 92.7 cm³/mol. The van der Waals surface area contributed by atoms with Crippen molar-refractivity contribution in [3.8, 4) is 5.69 Å². The third kappa shape index (κ3) is 3.08. The fourth-order valence-corrected chi connectivity index (χ4v) is 2.54. The molecule has 0 saturated carbocycles. The molecule has 0 unspecified atom stereocenters. The number of hydrogen-bond donors (Lipinski definition) is 1. The number of nitro benzene ring substituents is 1. The van der Waals surface area contributed by atoms with Crippen molar-refractivity contribution < 1.29 is 4.92 Å². The van der Waals surface area contributed by atoms with Crippen molar-refractivity contribution in [3.63, 3.8) is 0 Å². The summed E-state index contributed by atoms with van der Waals surface area (Å²) in [6.45, 7) is 0. The third-order valence-electron chi connectivity index (χ3n) is 3.05. The number of anilines is 2. The van der Waals surface area contributed by atoms with E-state index < -0.39 is 0 Å². The summed E-state index contributed by atoms with van der Waals surface area (Å²) in [5.74, 6) is 0. The molecule has 1 aromatic heterocycles. The van der Waals surface area contributed by atoms with Gasteiger partial charge in [-0.1, -0.05) is 6.07 Å². The van der Waals surface area contributed by atoms with Crippen LogP contribution in [0.4, 0.5) is 17.1 Å². The molecule has 0 saturated heterocycles. The van der Waals surface area contributed by atoms with Gasteiger partial charge in [0.2, 0.25) is 0 Å². The van der Waals surface area contributed by atoms with E-state index in [9.17, 15) is 10.1 Å². The van der Waals surface area contributed by atoms with E-state index in [2.05, 4.69) is 33.0 Å². The van der Waals surface area contributed by atoms with Crippen molar-refractivity contribution in [3.05, 3.63) is 74.6 Å². The lowest BCUT2D eigenvalue weighted by Crippen LogP contribution is -1.99. The zero-order valence-corrected chi connectivity index (χ0v) is 13.5. The molecule has 1 heterocycles. The number of aromatic nitrogens is 2. The minimum Gasteiger partial charge on any atom is -0.350 e. The molecule has 7 heteroatoms. The molecule has 6 nitrogen and oxygen atoms in total. The third-order valence-corrected chi connectivity index (χ3v) is 3.72. The fourth-order valence-electron chi connectivity index (χ4n) is 2.06. The van der Waals surface area contributed by atoms with Crippen LogP contribution in [0.1, 0.15) is 0 Å². The van der Waals surface area contributed by atoms with Gasteiger partial charge in [0.15, 0.2) is 0 Å². The van der Waals surface area contributed by atoms with Gasteiger partial charge < -0.3 is 5.32 Å². The molecule has 0 aliphatic carbocycles. The normalized spacial score (nSPS) is 10.4. The highest BCUT2D eigenvalue weighted by atomic mass is 127. The second kappa shape index (κ2) is 6.14. The summed E-state index contributed by atoms with van der Waals surface area (Å²) in [6.07, 6.45) is 3.54. The van der Waals surface area contributed by atoms with Crippen LogP contribution in [0, 0.1) is 13.7 Å². The molecule has 3 rings (SSSR count). The number of hydrogen-bond acceptors (Lipinski definition) is 4. The number of nitrogens with zero attached hydrogens (tertiary/aromatic N) is 3. The molecule has 0 radical (unpaired) electrons. The van der Waals surface area contributed by atoms with Gasteiger partial charge in [-0.05, 0) is 59.0 Å². The maximum atomic E-state index is 11.2. The molecule has 2 aromatic carbocycles. The summed E-state index contributed by atoms with van der Waals surface area (Å²) in [4.78, 5) is 10.8. The Labute approximate surface area is 140 Å². The van der Waals surface area contributed by atoms with E-state index >= 15 is 0 Å². The van der Waals surface area contributed by atoms with E-state index in [0.29, 0.717) is 5.69 Å². The smallest absolute Gasteiger partial charge is 0.293 e. The average molecular weight is 406 g/mol. The Morgan fingerprint density at radius 2 is 2.05 bits per heavy atom. The molecule has 0 amide bonds. The van der Waals surface area contributed by atoms with Crippen LogP contribution >= 0.6 is 22.6 Å². The Morgan fingerprint density at radius 3 is 2.77 bits per heavy atom. The van der Waals surface area contributed by atoms with Crippen LogP contribution in [0.3, 0.4) is 0 Å². The largest absolute Gasteiger partial charge is 0.350 e. The highest BCUT2D eigenvalue weighted by molar-refractivity contribution is 14.1. The molecule has 3 aromatic rings. The molecule has 0 aliphatic rings. The van der Waals surface area contributed by atoms with Crippen molar-refractivity contribution in [1.29, 1.82) is 0 Å². The molecule has 22 heavy (non-hydrogen) atoms. The molecule has 0 bridgehead atoms. The van der Waals surface area contributed by atoms with Crippen LogP contribution in [0.25, 0.3) is 5.69 Å². The molecule has 110 valence electrons. The highest BCUT2D eigenvalue weighted by Gasteiger charge is 2.14. The zero-order chi connectivity index (χ0) is 15.5. The molecule has 0 aliphatic heterocycles. The second-order valence-corrected chi connectivity index (χ2v) is 5.79. The van der Waals surface area contributed by atoms with Crippen molar-refractivity contribution in [2.75, 3.05) is 5.32 Å². The number of benzene rings is 2. The number of rotatable bonds is 4. The highest BCUT2D eigenvalue weighted by Crippen LogP contribution is 2.29. The Balaban J connectivity index is 1.94. The zero-order valence-electron chi connectivity index (χ0n) is 11.3. The van der Waals surface area contributed by atoms with Crippen molar-refractivity contribution in [2.24, 2.45) is 0 Å². The van der Waals surface area contributed by atoms with Crippen molar-refractivity contribution >= 4 is 39.7 Å². The summed E-state index contributed by atoms with van der Waals surface area (Å²) < 4.78 is 2.55. The van der Waals surface area contributed by atoms with Crippen molar-refractivity contribution in [1.82, 2.24) is 9.78 Å². The molecular weight excluding hydrogens is 395 g/mol. The van der Waals surface area contributed by atoms with Crippen molar-refractivity contribution in [2.45, 2.75) is 0 Å². The van der Waals surface area contributed by atoms with Crippen LogP contribution in [-0.4, -0.2) is 14.7 Å². The Kier molecular flexibility index (Phi) is 4.05. The molecule has 0 fully saturated rings. The number of nitrogens with one attached hydrogen (secondary N) is 1. The summed E-state index contributed by atoms with van der Waals surface area (Å²) in [6, 6.07) is 14.4. The monoisotopic (exact) mass is 406 g/mol. The van der Waals surface area contributed by atoms with Gasteiger partial charge in [0.25, 0.3) is 5.69 Å². The van der Waals surface area contributed by atoms with E-state index in [1.54, 1.807) is 23.0 Å². The summed E-state index contributed by atoms with van der Waals surface area (Å²) >= 11 is 2.05. The maximum absolute atomic E-state index is 11.2. The second-order valence-electron chi connectivity index (χ2n) is 4.54. The van der Waals surface area contributed by atoms with Crippen LogP contribution in [0.15, 0.2) is 60.9 Å². The Bertz CT molecular complexity index is 818. The van der Waals surface area contributed by atoms with E-state index in [0.717, 1.165) is 14.9 Å². The number of halogens is 1. The predicted octanol–water partition coefficient (Wildman–Crippen LogP) is 4.13. The lowest BCUT2D eigenvalue weighted by atomic mass is 10.2. The van der Waals surface area contributed by atoms with E-state index in [1.165, 1.54) is 0 Å². The Hall–Kier alpha value is -2.42. The van der Waals surface area contributed by atoms with Crippen LogP contribution in [0.2, 0.25) is 0 Å². The van der Waals surface area contributed by atoms with Gasteiger partial charge in [-0.3, -0.25) is 10.1 Å². The summed E-state index contributed by atoms with van der Waals surface area (Å²) in [7, 11) is 0. The molecular formula is C15H11IN4O2. The first-order valence-corrected chi connectivity index (χ1v) is 7.52. The van der Waals surface area contributed by atoms with Gasteiger partial charge in [-0.15, -0.1) is 0 Å². The maximum Gasteiger partial charge on any atom is 0.293 e. The van der Waals surface area contributed by atoms with Gasteiger partial charge in [-0.2, -0.15) is 5.10 Å². The molecule has 0 spiro atoms. The standard InChI is InChI=1S/C15H11IN4O2/c16-11-5-6-14(15(9-11)20(21)22)18-12-3-1-4-13(10-12)19-8-2-7-17-19/h1-10,18H. The van der Waals surface area contributed by atoms with Gasteiger partial charge in [0, 0.05) is 27.7 Å². The minimum absolute atomic E-state index is 0.0522. The van der Waals surface area contributed by atoms with Gasteiger partial charge in [-0.25, -0.2) is 4.68 Å². The quantitative estimate of drug-likeness (QED) is 0.402. The number of nitro groups is 1. The summed E-state index contributed by atoms with van der Waals surface area (Å²) in [5, 5.41) is 18.4. The van der Waals surface area contributed by atoms with E-state index in [-0.39, 0.29) is 10.6 Å². The van der Waals surface area contributed by atoms with Gasteiger partial charge in [0.1, 0.15) is 5.69 Å². The first kappa shape index (κ1) is 14.5. The summed E-state index contributed by atoms with van der Waals surface area (Å²) in [5.41, 5.74) is 2.15. The average Bonchev–Trinajstić information content (AvgIpc) is 3.03. The van der Waals surface area contributed by atoms with E-state index in [1.807, 2.05) is 42.6 Å². The fraction of sp³-hybridized carbons (Fsp3) is 0. The van der Waals surface area contributed by atoms with Crippen LogP contribution in [0.5, 0.6) is 0 Å². The lowest BCUT2D eigenvalue weighted by Gasteiger charge is -2.09. The van der Waals surface area contributed by atoms with Crippen LogP contribution < -0.4 is 5.32 Å². The van der Waals surface area contributed by atoms with Crippen LogP contribution in [-0.2, 0) is 0 Å². The Morgan fingerprint density at radius 1 is 1.18 bits per heavy atom. The SMILES string of the molecule is O=[N+]([O-])c1cc(I)ccc1Nc1cccc(-n2cccn2)c1. The first-order valence-electron chi connectivity index (χ1n) is 6.44. The first-order chi connectivity index (χ1) is 10.6. The molecule has 1 N–H and O–H groups in total. The topological polar surface area (TPSA) is 73.0 Å². The lowest BCUT2D eigenvalue weighted by molar-refractivity contribution is -0.384. The minimum atomic E-state index is -0.387. The van der Waals surface area contributed by atoms with Gasteiger partial charge >= 0.3 is 0 Å². The molecule has 0 atom stereocenters.